The molecule has 9 nitrogen and oxygen atoms in total. The van der Waals surface area contributed by atoms with Crippen molar-refractivity contribution < 1.29 is 9.53 Å². The van der Waals surface area contributed by atoms with Crippen LogP contribution in [0.2, 0.25) is 0 Å². The molecule has 1 amide bonds. The molecule has 1 N–H and O–H groups in total. The van der Waals surface area contributed by atoms with Crippen molar-refractivity contribution in [2.24, 2.45) is 0 Å². The Kier molecular flexibility index (Phi) is 4.55. The van der Waals surface area contributed by atoms with Crippen molar-refractivity contribution in [3.63, 3.8) is 0 Å². The number of aromatic amines is 1. The van der Waals surface area contributed by atoms with Gasteiger partial charge < -0.3 is 14.6 Å². The van der Waals surface area contributed by atoms with E-state index < -0.39 is 5.60 Å². The number of aryl methyl sites for hydroxylation is 2. The molecule has 0 spiro atoms. The van der Waals surface area contributed by atoms with Crippen molar-refractivity contribution in [2.45, 2.75) is 59.0 Å². The van der Waals surface area contributed by atoms with Crippen LogP contribution in [0.5, 0.6) is 0 Å². The summed E-state index contributed by atoms with van der Waals surface area (Å²) in [6.07, 6.45) is 1.23. The SMILES string of the molecule is Cc1nnc2nn3c(=O)cc(C4CCN(C(=O)OC(C)(C)C)CC4)[nH]c3c2c1C. The number of hydrogen-bond acceptors (Lipinski definition) is 6. The van der Waals surface area contributed by atoms with Gasteiger partial charge in [0.25, 0.3) is 5.56 Å². The van der Waals surface area contributed by atoms with Crippen LogP contribution < -0.4 is 5.56 Å². The fourth-order valence-electron chi connectivity index (χ4n) is 3.76. The lowest BCUT2D eigenvalue weighted by Crippen LogP contribution is -2.41. The lowest BCUT2D eigenvalue weighted by molar-refractivity contribution is 0.0204. The van der Waals surface area contributed by atoms with E-state index in [1.54, 1.807) is 11.0 Å². The van der Waals surface area contributed by atoms with E-state index >= 15 is 0 Å². The van der Waals surface area contributed by atoms with E-state index in [4.69, 9.17) is 4.74 Å². The van der Waals surface area contributed by atoms with E-state index in [0.717, 1.165) is 35.2 Å². The first-order chi connectivity index (χ1) is 13.6. The molecule has 29 heavy (non-hydrogen) atoms. The summed E-state index contributed by atoms with van der Waals surface area (Å²) in [4.78, 5) is 30.1. The Labute approximate surface area is 168 Å². The molecule has 0 saturated carbocycles. The highest BCUT2D eigenvalue weighted by atomic mass is 16.6. The van der Waals surface area contributed by atoms with Gasteiger partial charge in [-0.1, -0.05) is 0 Å². The molecular formula is C20H26N6O3. The number of rotatable bonds is 1. The van der Waals surface area contributed by atoms with Crippen molar-refractivity contribution in [2.75, 3.05) is 13.1 Å². The van der Waals surface area contributed by atoms with Crippen molar-refractivity contribution in [1.82, 2.24) is 29.7 Å². The summed E-state index contributed by atoms with van der Waals surface area (Å²) in [6, 6.07) is 1.60. The molecule has 1 fully saturated rings. The minimum absolute atomic E-state index is 0.160. The second-order valence-corrected chi connectivity index (χ2v) is 8.67. The van der Waals surface area contributed by atoms with Gasteiger partial charge in [-0.05, 0) is 53.0 Å². The van der Waals surface area contributed by atoms with Crippen molar-refractivity contribution in [1.29, 1.82) is 0 Å². The van der Waals surface area contributed by atoms with Gasteiger partial charge in [0.2, 0.25) is 5.65 Å². The highest BCUT2D eigenvalue weighted by Gasteiger charge is 2.28. The molecule has 0 bridgehead atoms. The van der Waals surface area contributed by atoms with Gasteiger partial charge in [-0.25, -0.2) is 4.79 Å². The number of fused-ring (bicyclic) bond motifs is 3. The van der Waals surface area contributed by atoms with Crippen molar-refractivity contribution >= 4 is 22.8 Å². The number of carbonyl (C=O) groups excluding carboxylic acids is 1. The number of nitrogens with zero attached hydrogens (tertiary/aromatic N) is 5. The van der Waals surface area contributed by atoms with Crippen LogP contribution in [-0.2, 0) is 4.74 Å². The average molecular weight is 398 g/mol. The summed E-state index contributed by atoms with van der Waals surface area (Å²) >= 11 is 0. The third-order valence-corrected chi connectivity index (χ3v) is 5.42. The number of hydrogen-bond donors (Lipinski definition) is 1. The standard InChI is InChI=1S/C20H26N6O3/c1-11-12(2)22-23-17-16(11)18-21-14(10-15(27)26(18)24-17)13-6-8-25(9-7-13)19(28)29-20(3,4)5/h10,13,21H,6-9H2,1-5H3. The molecule has 0 unspecified atom stereocenters. The molecule has 4 heterocycles. The highest BCUT2D eigenvalue weighted by molar-refractivity contribution is 5.92. The number of piperidine rings is 1. The Hall–Kier alpha value is -2.97. The number of likely N-dealkylation sites (tertiary alicyclic amines) is 1. The highest BCUT2D eigenvalue weighted by Crippen LogP contribution is 2.28. The molecule has 0 aromatic carbocycles. The third kappa shape index (κ3) is 3.56. The molecule has 1 saturated heterocycles. The first-order valence-electron chi connectivity index (χ1n) is 9.87. The Morgan fingerprint density at radius 2 is 1.90 bits per heavy atom. The van der Waals surface area contributed by atoms with Gasteiger partial charge in [-0.3, -0.25) is 4.79 Å². The second kappa shape index (κ2) is 6.82. The summed E-state index contributed by atoms with van der Waals surface area (Å²) in [6.45, 7) is 10.6. The van der Waals surface area contributed by atoms with E-state index in [-0.39, 0.29) is 17.6 Å². The van der Waals surface area contributed by atoms with Crippen LogP contribution in [0.25, 0.3) is 16.7 Å². The fraction of sp³-hybridized carbons (Fsp3) is 0.550. The van der Waals surface area contributed by atoms with Crippen LogP contribution >= 0.6 is 0 Å². The Morgan fingerprint density at radius 3 is 2.55 bits per heavy atom. The van der Waals surface area contributed by atoms with Gasteiger partial charge in [-0.15, -0.1) is 10.2 Å². The summed E-state index contributed by atoms with van der Waals surface area (Å²) in [7, 11) is 0. The average Bonchev–Trinajstić information content (AvgIpc) is 3.03. The number of amides is 1. The van der Waals surface area contributed by atoms with Crippen molar-refractivity contribution in [3.05, 3.63) is 33.4 Å². The van der Waals surface area contributed by atoms with Crippen LogP contribution in [0.4, 0.5) is 4.79 Å². The molecule has 9 heteroatoms. The molecule has 0 radical (unpaired) electrons. The zero-order valence-electron chi connectivity index (χ0n) is 17.4. The predicted octanol–water partition coefficient (Wildman–Crippen LogP) is 2.70. The number of carbonyl (C=O) groups is 1. The van der Waals surface area contributed by atoms with E-state index in [9.17, 15) is 9.59 Å². The molecule has 4 rings (SSSR count). The van der Waals surface area contributed by atoms with Gasteiger partial charge in [-0.2, -0.15) is 9.61 Å². The van der Waals surface area contributed by atoms with Gasteiger partial charge in [0.05, 0.1) is 11.1 Å². The largest absolute Gasteiger partial charge is 0.444 e. The van der Waals surface area contributed by atoms with Crippen LogP contribution in [0, 0.1) is 13.8 Å². The van der Waals surface area contributed by atoms with Gasteiger partial charge >= 0.3 is 6.09 Å². The first-order valence-corrected chi connectivity index (χ1v) is 9.87. The number of aromatic nitrogens is 5. The normalized spacial score (nSPS) is 16.0. The molecule has 154 valence electrons. The smallest absolute Gasteiger partial charge is 0.410 e. The maximum absolute atomic E-state index is 12.7. The van der Waals surface area contributed by atoms with E-state index in [1.165, 1.54) is 4.52 Å². The van der Waals surface area contributed by atoms with Gasteiger partial charge in [0, 0.05) is 30.8 Å². The minimum Gasteiger partial charge on any atom is -0.444 e. The quantitative estimate of drug-likeness (QED) is 0.676. The van der Waals surface area contributed by atoms with E-state index in [0.29, 0.717) is 24.4 Å². The van der Waals surface area contributed by atoms with Crippen LogP contribution in [0.3, 0.4) is 0 Å². The number of ether oxygens (including phenoxy) is 1. The van der Waals surface area contributed by atoms with Crippen molar-refractivity contribution in [3.8, 4) is 0 Å². The van der Waals surface area contributed by atoms with Gasteiger partial charge in [0.15, 0.2) is 0 Å². The number of H-pyrrole nitrogens is 1. The Balaban J connectivity index is 1.62. The first kappa shape index (κ1) is 19.4. The summed E-state index contributed by atoms with van der Waals surface area (Å²) in [5, 5.41) is 13.3. The van der Waals surface area contributed by atoms with Crippen LogP contribution in [0.1, 0.15) is 56.5 Å². The second-order valence-electron chi connectivity index (χ2n) is 8.67. The monoisotopic (exact) mass is 398 g/mol. The van der Waals surface area contributed by atoms with E-state index in [2.05, 4.69) is 20.3 Å². The summed E-state index contributed by atoms with van der Waals surface area (Å²) < 4.78 is 6.81. The van der Waals surface area contributed by atoms with Gasteiger partial charge in [0.1, 0.15) is 11.2 Å². The molecule has 1 aliphatic heterocycles. The fourth-order valence-corrected chi connectivity index (χ4v) is 3.76. The molecule has 3 aromatic rings. The van der Waals surface area contributed by atoms with E-state index in [1.807, 2.05) is 34.6 Å². The molecule has 1 aliphatic rings. The molecule has 3 aromatic heterocycles. The summed E-state index contributed by atoms with van der Waals surface area (Å²) in [5.74, 6) is 0.160. The van der Waals surface area contributed by atoms with Crippen LogP contribution in [0.15, 0.2) is 10.9 Å². The zero-order valence-corrected chi connectivity index (χ0v) is 17.4. The molecule has 0 aliphatic carbocycles. The maximum Gasteiger partial charge on any atom is 0.410 e. The molecule has 0 atom stereocenters. The van der Waals surface area contributed by atoms with Crippen LogP contribution in [-0.4, -0.2) is 54.5 Å². The summed E-state index contributed by atoms with van der Waals surface area (Å²) in [5.41, 5.74) is 3.03. The maximum atomic E-state index is 12.7. The number of nitrogens with one attached hydrogen (secondary N) is 1. The third-order valence-electron chi connectivity index (χ3n) is 5.42. The Bertz CT molecular complexity index is 1150. The lowest BCUT2D eigenvalue weighted by atomic mass is 9.93. The topological polar surface area (TPSA) is 105 Å². The minimum atomic E-state index is -0.508. The predicted molar refractivity (Wildman–Crippen MR) is 108 cm³/mol. The molecular weight excluding hydrogens is 372 g/mol. The lowest BCUT2D eigenvalue weighted by Gasteiger charge is -2.33. The Morgan fingerprint density at radius 1 is 1.21 bits per heavy atom. The zero-order chi connectivity index (χ0) is 20.9.